The van der Waals surface area contributed by atoms with Crippen molar-refractivity contribution in [2.45, 2.75) is 32.2 Å². The molecule has 0 aromatic heterocycles. The predicted octanol–water partition coefficient (Wildman–Crippen LogP) is 1.10. The molecule has 0 amide bonds. The molecule has 2 fully saturated rings. The molecule has 0 aromatic carbocycles. The van der Waals surface area contributed by atoms with Gasteiger partial charge in [0, 0.05) is 0 Å². The number of carbonyl (C=O) groups is 1. The smallest absolute Gasteiger partial charge is 0.320 e. The minimum absolute atomic E-state index is 0.271. The summed E-state index contributed by atoms with van der Waals surface area (Å²) in [5.74, 6) is 1.28. The molecule has 0 radical (unpaired) electrons. The van der Waals surface area contributed by atoms with E-state index in [2.05, 4.69) is 12.2 Å². The summed E-state index contributed by atoms with van der Waals surface area (Å²) in [6.07, 6.45) is 3.44. The van der Waals surface area contributed by atoms with E-state index in [-0.39, 0.29) is 6.04 Å². The van der Waals surface area contributed by atoms with Crippen LogP contribution in [0.2, 0.25) is 0 Å². The van der Waals surface area contributed by atoms with Gasteiger partial charge in [-0.15, -0.1) is 0 Å². The van der Waals surface area contributed by atoms with E-state index in [1.165, 1.54) is 6.42 Å². The van der Waals surface area contributed by atoms with E-state index in [1.807, 2.05) is 0 Å². The second kappa shape index (κ2) is 3.29. The fraction of sp³-hybridized carbons (Fsp3) is 0.900. The zero-order valence-electron chi connectivity index (χ0n) is 7.99. The van der Waals surface area contributed by atoms with Crippen LogP contribution in [0, 0.1) is 17.8 Å². The SMILES string of the molecule is CC1CC1CNC(C(=O)O)C1CC1. The Labute approximate surface area is 78.5 Å². The average molecular weight is 183 g/mol. The van der Waals surface area contributed by atoms with Crippen LogP contribution in [0.15, 0.2) is 0 Å². The maximum Gasteiger partial charge on any atom is 0.320 e. The van der Waals surface area contributed by atoms with Gasteiger partial charge in [-0.3, -0.25) is 4.79 Å². The Kier molecular flexibility index (Phi) is 2.28. The van der Waals surface area contributed by atoms with Gasteiger partial charge in [0.2, 0.25) is 0 Å². The zero-order chi connectivity index (χ0) is 9.42. The van der Waals surface area contributed by atoms with E-state index in [4.69, 9.17) is 5.11 Å². The van der Waals surface area contributed by atoms with Crippen LogP contribution in [-0.2, 0) is 4.79 Å². The first-order valence-electron chi connectivity index (χ1n) is 5.14. The highest BCUT2D eigenvalue weighted by Crippen LogP contribution is 2.38. The molecule has 2 saturated carbocycles. The molecule has 2 rings (SSSR count). The molecule has 3 heteroatoms. The average Bonchev–Trinajstić information content (AvgIpc) is 2.89. The Hall–Kier alpha value is -0.570. The fourth-order valence-electron chi connectivity index (χ4n) is 1.85. The number of rotatable bonds is 5. The lowest BCUT2D eigenvalue weighted by molar-refractivity contribution is -0.140. The van der Waals surface area contributed by atoms with Gasteiger partial charge in [0.1, 0.15) is 6.04 Å². The van der Waals surface area contributed by atoms with Crippen LogP contribution in [0.25, 0.3) is 0 Å². The van der Waals surface area contributed by atoms with Crippen LogP contribution in [0.1, 0.15) is 26.2 Å². The zero-order valence-corrected chi connectivity index (χ0v) is 7.99. The van der Waals surface area contributed by atoms with Crippen molar-refractivity contribution in [3.05, 3.63) is 0 Å². The van der Waals surface area contributed by atoms with Gasteiger partial charge in [-0.05, 0) is 43.6 Å². The van der Waals surface area contributed by atoms with Gasteiger partial charge in [-0.1, -0.05) is 6.92 Å². The summed E-state index contributed by atoms with van der Waals surface area (Å²) >= 11 is 0. The topological polar surface area (TPSA) is 49.3 Å². The standard InChI is InChI=1S/C10H17NO2/c1-6-4-8(6)5-11-9(10(12)13)7-2-3-7/h6-9,11H,2-5H2,1H3,(H,12,13). The molecule has 2 aliphatic carbocycles. The van der Waals surface area contributed by atoms with Crippen LogP contribution in [0.5, 0.6) is 0 Å². The van der Waals surface area contributed by atoms with E-state index >= 15 is 0 Å². The van der Waals surface area contributed by atoms with Crippen molar-refractivity contribution in [1.82, 2.24) is 5.32 Å². The number of carboxylic acid groups (broad SMARTS) is 1. The van der Waals surface area contributed by atoms with E-state index in [9.17, 15) is 4.79 Å². The van der Waals surface area contributed by atoms with Crippen molar-refractivity contribution in [2.75, 3.05) is 6.54 Å². The Bertz CT molecular complexity index is 213. The second-order valence-corrected chi connectivity index (χ2v) is 4.53. The second-order valence-electron chi connectivity index (χ2n) is 4.53. The predicted molar refractivity (Wildman–Crippen MR) is 49.4 cm³/mol. The lowest BCUT2D eigenvalue weighted by Crippen LogP contribution is -2.39. The molecule has 74 valence electrons. The van der Waals surface area contributed by atoms with Crippen molar-refractivity contribution < 1.29 is 9.90 Å². The molecular weight excluding hydrogens is 166 g/mol. The van der Waals surface area contributed by atoms with Gasteiger partial charge in [0.05, 0.1) is 0 Å². The van der Waals surface area contributed by atoms with Crippen molar-refractivity contribution in [2.24, 2.45) is 17.8 Å². The molecule has 0 aromatic rings. The Morgan fingerprint density at radius 1 is 1.62 bits per heavy atom. The van der Waals surface area contributed by atoms with Gasteiger partial charge in [-0.25, -0.2) is 0 Å². The minimum atomic E-state index is -0.671. The summed E-state index contributed by atoms with van der Waals surface area (Å²) in [4.78, 5) is 10.8. The van der Waals surface area contributed by atoms with Crippen molar-refractivity contribution in [3.63, 3.8) is 0 Å². The molecule has 2 N–H and O–H groups in total. The monoisotopic (exact) mass is 183 g/mol. The summed E-state index contributed by atoms with van der Waals surface area (Å²) in [5, 5.41) is 12.1. The molecule has 3 atom stereocenters. The number of hydrogen-bond acceptors (Lipinski definition) is 2. The summed E-state index contributed by atoms with van der Waals surface area (Å²) in [7, 11) is 0. The first-order chi connectivity index (χ1) is 6.18. The van der Waals surface area contributed by atoms with E-state index < -0.39 is 5.97 Å². The molecule has 13 heavy (non-hydrogen) atoms. The Balaban J connectivity index is 1.73. The lowest BCUT2D eigenvalue weighted by Gasteiger charge is -2.12. The molecule has 0 bridgehead atoms. The third-order valence-electron chi connectivity index (χ3n) is 3.24. The number of carboxylic acids is 1. The number of aliphatic carboxylic acids is 1. The molecule has 2 aliphatic rings. The normalized spacial score (nSPS) is 34.2. The van der Waals surface area contributed by atoms with Gasteiger partial charge in [0.15, 0.2) is 0 Å². The minimum Gasteiger partial charge on any atom is -0.480 e. The van der Waals surface area contributed by atoms with Crippen LogP contribution in [0.4, 0.5) is 0 Å². The number of hydrogen-bond donors (Lipinski definition) is 2. The van der Waals surface area contributed by atoms with Crippen LogP contribution < -0.4 is 5.32 Å². The highest BCUT2D eigenvalue weighted by Gasteiger charge is 2.38. The quantitative estimate of drug-likeness (QED) is 0.671. The van der Waals surface area contributed by atoms with E-state index in [1.54, 1.807) is 0 Å². The molecular formula is C10H17NO2. The van der Waals surface area contributed by atoms with Gasteiger partial charge in [0.25, 0.3) is 0 Å². The lowest BCUT2D eigenvalue weighted by atomic mass is 10.2. The Morgan fingerprint density at radius 3 is 2.62 bits per heavy atom. The van der Waals surface area contributed by atoms with E-state index in [0.29, 0.717) is 5.92 Å². The van der Waals surface area contributed by atoms with Crippen LogP contribution in [-0.4, -0.2) is 23.7 Å². The molecule has 3 nitrogen and oxygen atoms in total. The maximum absolute atomic E-state index is 10.8. The first kappa shape index (κ1) is 9.00. The maximum atomic E-state index is 10.8. The fourth-order valence-corrected chi connectivity index (χ4v) is 1.85. The summed E-state index contributed by atoms with van der Waals surface area (Å²) < 4.78 is 0. The van der Waals surface area contributed by atoms with Crippen molar-refractivity contribution in [1.29, 1.82) is 0 Å². The third kappa shape index (κ3) is 2.21. The Morgan fingerprint density at radius 2 is 2.23 bits per heavy atom. The van der Waals surface area contributed by atoms with E-state index in [0.717, 1.165) is 31.2 Å². The summed E-state index contributed by atoms with van der Waals surface area (Å²) in [5.41, 5.74) is 0. The van der Waals surface area contributed by atoms with Gasteiger partial charge < -0.3 is 10.4 Å². The highest BCUT2D eigenvalue weighted by atomic mass is 16.4. The van der Waals surface area contributed by atoms with Crippen molar-refractivity contribution in [3.8, 4) is 0 Å². The first-order valence-corrected chi connectivity index (χ1v) is 5.14. The third-order valence-corrected chi connectivity index (χ3v) is 3.24. The molecule has 0 spiro atoms. The summed E-state index contributed by atoms with van der Waals surface area (Å²) in [6.45, 7) is 3.12. The molecule has 0 aliphatic heterocycles. The largest absolute Gasteiger partial charge is 0.480 e. The number of nitrogens with one attached hydrogen (secondary N) is 1. The van der Waals surface area contributed by atoms with Crippen LogP contribution >= 0.6 is 0 Å². The molecule has 0 saturated heterocycles. The van der Waals surface area contributed by atoms with Gasteiger partial charge in [-0.2, -0.15) is 0 Å². The van der Waals surface area contributed by atoms with Crippen molar-refractivity contribution >= 4 is 5.97 Å². The van der Waals surface area contributed by atoms with Crippen LogP contribution in [0.3, 0.4) is 0 Å². The van der Waals surface area contributed by atoms with Gasteiger partial charge >= 0.3 is 5.97 Å². The molecule has 3 unspecified atom stereocenters. The molecule has 0 heterocycles. The summed E-state index contributed by atoms with van der Waals surface area (Å²) in [6, 6.07) is -0.271. The highest BCUT2D eigenvalue weighted by molar-refractivity contribution is 5.74.